The van der Waals surface area contributed by atoms with Crippen LogP contribution in [-0.2, 0) is 0 Å². The summed E-state index contributed by atoms with van der Waals surface area (Å²) in [7, 11) is 0. The van der Waals surface area contributed by atoms with Crippen molar-refractivity contribution in [3.8, 4) is 0 Å². The molecule has 0 aromatic heterocycles. The minimum atomic E-state index is 0.339. The summed E-state index contributed by atoms with van der Waals surface area (Å²) in [4.78, 5) is 0. The molecule has 2 unspecified atom stereocenters. The van der Waals surface area contributed by atoms with Crippen LogP contribution < -0.4 is 11.1 Å². The molecule has 1 heterocycles. The predicted molar refractivity (Wildman–Crippen MR) is 67.8 cm³/mol. The molecule has 0 radical (unpaired) electrons. The van der Waals surface area contributed by atoms with E-state index in [1.807, 2.05) is 24.3 Å². The molecule has 0 aliphatic carbocycles. The molecule has 1 aliphatic rings. The molecule has 0 spiro atoms. The zero-order chi connectivity index (χ0) is 11.5. The molecule has 16 heavy (non-hydrogen) atoms. The van der Waals surface area contributed by atoms with Crippen LogP contribution in [0.15, 0.2) is 24.3 Å². The highest BCUT2D eigenvalue weighted by Crippen LogP contribution is 2.25. The van der Waals surface area contributed by atoms with Crippen molar-refractivity contribution in [3.63, 3.8) is 0 Å². The van der Waals surface area contributed by atoms with Crippen LogP contribution in [0.25, 0.3) is 0 Å². The summed E-state index contributed by atoms with van der Waals surface area (Å²) in [5, 5.41) is 11.6. The summed E-state index contributed by atoms with van der Waals surface area (Å²) in [6, 6.07) is 7.69. The van der Waals surface area contributed by atoms with E-state index >= 15 is 0 Å². The van der Waals surface area contributed by atoms with Gasteiger partial charge in [0.05, 0.1) is 0 Å². The van der Waals surface area contributed by atoms with Crippen LogP contribution in [-0.4, -0.2) is 18.8 Å². The van der Waals surface area contributed by atoms with Gasteiger partial charge in [-0.3, -0.25) is 0 Å². The third kappa shape index (κ3) is 2.09. The number of anilines is 1. The number of hydrogen-bond donors (Lipinski definition) is 3. The maximum atomic E-state index is 8.29. The summed E-state index contributed by atoms with van der Waals surface area (Å²) < 4.78 is 0. The lowest BCUT2D eigenvalue weighted by molar-refractivity contribution is 0.343. The fourth-order valence-corrected chi connectivity index (χ4v) is 2.38. The summed E-state index contributed by atoms with van der Waals surface area (Å²) in [5.74, 6) is 0.854. The van der Waals surface area contributed by atoms with Crippen LogP contribution in [0.4, 0.5) is 5.69 Å². The van der Waals surface area contributed by atoms with Crippen molar-refractivity contribution in [1.82, 2.24) is 5.32 Å². The smallest absolute Gasteiger partial charge is 0.0441 e. The Morgan fingerprint density at radius 1 is 1.44 bits per heavy atom. The quantitative estimate of drug-likeness (QED) is 0.523. The molecule has 0 bridgehead atoms. The van der Waals surface area contributed by atoms with Gasteiger partial charge >= 0.3 is 0 Å². The number of nitrogens with two attached hydrogens (primary N) is 1. The molecular formula is C13H19N3. The van der Waals surface area contributed by atoms with Crippen molar-refractivity contribution >= 4 is 11.4 Å². The number of para-hydroxylation sites is 1. The molecule has 2 atom stereocenters. The molecule has 4 N–H and O–H groups in total. The number of benzene rings is 1. The molecule has 0 amide bonds. The minimum Gasteiger partial charge on any atom is -0.398 e. The Kier molecular flexibility index (Phi) is 3.25. The Hall–Kier alpha value is -1.35. The third-order valence-electron chi connectivity index (χ3n) is 3.41. The second kappa shape index (κ2) is 4.66. The Morgan fingerprint density at radius 3 is 2.88 bits per heavy atom. The molecule has 0 saturated carbocycles. The first-order valence-electron chi connectivity index (χ1n) is 5.84. The second-order valence-corrected chi connectivity index (χ2v) is 4.58. The van der Waals surface area contributed by atoms with Gasteiger partial charge in [0.25, 0.3) is 0 Å². The molecule has 1 aromatic carbocycles. The standard InChI is InChI=1S/C13H19N3/c1-9-8-16-7-6-10(9)13(15)11-4-2-3-5-12(11)14/h2-5,9-10,15-16H,6-8,14H2,1H3. The van der Waals surface area contributed by atoms with Crippen molar-refractivity contribution in [1.29, 1.82) is 5.41 Å². The number of nitrogens with one attached hydrogen (secondary N) is 2. The Labute approximate surface area is 96.6 Å². The lowest BCUT2D eigenvalue weighted by Gasteiger charge is -2.30. The molecule has 3 nitrogen and oxygen atoms in total. The van der Waals surface area contributed by atoms with Crippen molar-refractivity contribution in [3.05, 3.63) is 29.8 Å². The molecule has 1 saturated heterocycles. The summed E-state index contributed by atoms with van der Waals surface area (Å²) in [6.07, 6.45) is 1.04. The summed E-state index contributed by atoms with van der Waals surface area (Å²) >= 11 is 0. The first kappa shape index (κ1) is 11.1. The van der Waals surface area contributed by atoms with Crippen LogP contribution >= 0.6 is 0 Å². The molecule has 86 valence electrons. The summed E-state index contributed by atoms with van der Waals surface area (Å²) in [6.45, 7) is 4.20. The van der Waals surface area contributed by atoms with E-state index in [9.17, 15) is 0 Å². The highest BCUT2D eigenvalue weighted by molar-refractivity contribution is 6.04. The van der Waals surface area contributed by atoms with E-state index in [1.54, 1.807) is 0 Å². The van der Waals surface area contributed by atoms with E-state index in [0.29, 0.717) is 17.5 Å². The van der Waals surface area contributed by atoms with Crippen molar-refractivity contribution in [2.24, 2.45) is 11.8 Å². The molecule has 2 rings (SSSR count). The average molecular weight is 217 g/mol. The first-order valence-corrected chi connectivity index (χ1v) is 5.84. The van der Waals surface area contributed by atoms with Gasteiger partial charge in [-0.2, -0.15) is 0 Å². The van der Waals surface area contributed by atoms with E-state index in [1.165, 1.54) is 0 Å². The van der Waals surface area contributed by atoms with Gasteiger partial charge in [0.2, 0.25) is 0 Å². The van der Waals surface area contributed by atoms with E-state index < -0.39 is 0 Å². The monoisotopic (exact) mass is 217 g/mol. The van der Waals surface area contributed by atoms with Crippen molar-refractivity contribution < 1.29 is 0 Å². The van der Waals surface area contributed by atoms with Crippen LogP contribution in [0.3, 0.4) is 0 Å². The van der Waals surface area contributed by atoms with E-state index in [2.05, 4.69) is 12.2 Å². The lowest BCUT2D eigenvalue weighted by Crippen LogP contribution is -2.38. The number of hydrogen-bond acceptors (Lipinski definition) is 3. The van der Waals surface area contributed by atoms with Crippen LogP contribution in [0.1, 0.15) is 18.9 Å². The van der Waals surface area contributed by atoms with Gasteiger partial charge in [0, 0.05) is 22.9 Å². The van der Waals surface area contributed by atoms with Crippen molar-refractivity contribution in [2.75, 3.05) is 18.8 Å². The minimum absolute atomic E-state index is 0.339. The highest BCUT2D eigenvalue weighted by atomic mass is 14.9. The highest BCUT2D eigenvalue weighted by Gasteiger charge is 2.26. The van der Waals surface area contributed by atoms with Crippen LogP contribution in [0.2, 0.25) is 0 Å². The van der Waals surface area contributed by atoms with E-state index in [-0.39, 0.29) is 0 Å². The fraction of sp³-hybridized carbons (Fsp3) is 0.462. The number of piperidine rings is 1. The number of rotatable bonds is 2. The van der Waals surface area contributed by atoms with Gasteiger partial charge in [0.1, 0.15) is 0 Å². The SMILES string of the molecule is CC1CNCCC1C(=N)c1ccccc1N. The maximum absolute atomic E-state index is 8.29. The topological polar surface area (TPSA) is 61.9 Å². The molecule has 1 aromatic rings. The molecular weight excluding hydrogens is 198 g/mol. The van der Waals surface area contributed by atoms with Gasteiger partial charge in [0.15, 0.2) is 0 Å². The van der Waals surface area contributed by atoms with Crippen LogP contribution in [0, 0.1) is 17.2 Å². The van der Waals surface area contributed by atoms with Gasteiger partial charge in [-0.25, -0.2) is 0 Å². The summed E-state index contributed by atoms with van der Waals surface area (Å²) in [5.41, 5.74) is 8.24. The van der Waals surface area contributed by atoms with E-state index in [0.717, 1.165) is 30.8 Å². The van der Waals surface area contributed by atoms with Gasteiger partial charge in [-0.1, -0.05) is 25.1 Å². The zero-order valence-electron chi connectivity index (χ0n) is 9.66. The van der Waals surface area contributed by atoms with Gasteiger partial charge in [-0.05, 0) is 31.5 Å². The Balaban J connectivity index is 2.21. The maximum Gasteiger partial charge on any atom is 0.0441 e. The van der Waals surface area contributed by atoms with Crippen LogP contribution in [0.5, 0.6) is 0 Å². The van der Waals surface area contributed by atoms with E-state index in [4.69, 9.17) is 11.1 Å². The number of nitrogen functional groups attached to an aromatic ring is 1. The van der Waals surface area contributed by atoms with Crippen molar-refractivity contribution in [2.45, 2.75) is 13.3 Å². The lowest BCUT2D eigenvalue weighted by atomic mass is 9.81. The largest absolute Gasteiger partial charge is 0.398 e. The molecule has 1 fully saturated rings. The molecule has 1 aliphatic heterocycles. The Morgan fingerprint density at radius 2 is 2.19 bits per heavy atom. The average Bonchev–Trinajstić information content (AvgIpc) is 2.29. The fourth-order valence-electron chi connectivity index (χ4n) is 2.38. The third-order valence-corrected chi connectivity index (χ3v) is 3.41. The van der Waals surface area contributed by atoms with Gasteiger partial charge in [-0.15, -0.1) is 0 Å². The second-order valence-electron chi connectivity index (χ2n) is 4.58. The Bertz CT molecular complexity index is 387. The predicted octanol–water partition coefficient (Wildman–Crippen LogP) is 1.88. The normalized spacial score (nSPS) is 25.3. The first-order chi connectivity index (χ1) is 7.70. The zero-order valence-corrected chi connectivity index (χ0v) is 9.66. The van der Waals surface area contributed by atoms with Gasteiger partial charge < -0.3 is 16.5 Å². The molecule has 3 heteroatoms.